The number of fused-ring (bicyclic) bond motifs is 2. The maximum atomic E-state index is 14.1. The summed E-state index contributed by atoms with van der Waals surface area (Å²) in [7, 11) is -1.59. The van der Waals surface area contributed by atoms with Crippen LogP contribution in [0.1, 0.15) is 43.2 Å². The lowest BCUT2D eigenvalue weighted by atomic mass is 10.0. The summed E-state index contributed by atoms with van der Waals surface area (Å²) in [5, 5.41) is 14.8. The molecule has 1 amide bonds. The van der Waals surface area contributed by atoms with Gasteiger partial charge in [0.15, 0.2) is 17.8 Å². The molecule has 12 heteroatoms. The van der Waals surface area contributed by atoms with Crippen LogP contribution in [-0.2, 0) is 38.2 Å². The minimum absolute atomic E-state index is 0.0106. The van der Waals surface area contributed by atoms with Gasteiger partial charge in [0.2, 0.25) is 6.79 Å². The third kappa shape index (κ3) is 8.56. The van der Waals surface area contributed by atoms with Crippen molar-refractivity contribution in [3.63, 3.8) is 0 Å². The summed E-state index contributed by atoms with van der Waals surface area (Å²) in [6.45, 7) is 2.05. The van der Waals surface area contributed by atoms with Crippen LogP contribution in [-0.4, -0.2) is 77.3 Å². The summed E-state index contributed by atoms with van der Waals surface area (Å²) in [4.78, 5) is 13.9. The number of nitrogens with zero attached hydrogens (tertiary/aromatic N) is 1. The molecule has 1 saturated carbocycles. The number of carbonyl (C=O) groups excluding carboxylic acids is 1. The Hall–Kier alpha value is -3.68. The Morgan fingerprint density at radius 1 is 0.959 bits per heavy atom. The zero-order valence-electron chi connectivity index (χ0n) is 27.4. The summed E-state index contributed by atoms with van der Waals surface area (Å²) < 4.78 is 50.0. The SMILES string of the molecule is O=C(N[C@@H](Cc1ccc(OCc2ccccc2)cc1)[C@H](O)CN(CC1CCCC1)S(=O)c1ccc2c(c1)OCO2)O[C@H]1COC2OCCC21. The van der Waals surface area contributed by atoms with Crippen LogP contribution in [0.2, 0.25) is 0 Å². The fraction of sp³-hybridized carbons (Fsp3) is 0.486. The van der Waals surface area contributed by atoms with E-state index in [1.165, 1.54) is 0 Å². The molecule has 0 radical (unpaired) electrons. The summed E-state index contributed by atoms with van der Waals surface area (Å²) in [6.07, 6.45) is 2.97. The lowest BCUT2D eigenvalue weighted by molar-refractivity contribution is -0.0907. The standard InChI is InChI=1S/C37H44N2O9S/c40-32(21-39(20-26-6-4-5-7-26)49(42)29-14-15-33-34(19-29)47-24-46-33)31(38-37(41)48-35-23-45-36-30(35)16-17-43-36)18-25-10-12-28(13-11-25)44-22-27-8-2-1-3-9-27/h1-3,8-15,19,26,30-32,35-36,40H,4-7,16-18,20-24H2,(H,38,41)/t30?,31-,32+,35-,36?,49?/m0/s1. The van der Waals surface area contributed by atoms with Crippen molar-refractivity contribution in [3.05, 3.63) is 83.9 Å². The third-order valence-electron chi connectivity index (χ3n) is 9.75. The zero-order valence-corrected chi connectivity index (χ0v) is 28.3. The summed E-state index contributed by atoms with van der Waals surface area (Å²) in [5.74, 6) is 2.24. The van der Waals surface area contributed by atoms with Crippen LogP contribution in [0.25, 0.3) is 0 Å². The highest BCUT2D eigenvalue weighted by Gasteiger charge is 2.44. The average molecular weight is 693 g/mol. The number of hydrogen-bond acceptors (Lipinski definition) is 9. The second-order valence-corrected chi connectivity index (χ2v) is 14.7. The fourth-order valence-corrected chi connectivity index (χ4v) is 8.36. The molecule has 6 atom stereocenters. The van der Waals surface area contributed by atoms with Crippen molar-refractivity contribution in [2.75, 3.05) is 33.1 Å². The molecule has 1 aliphatic carbocycles. The van der Waals surface area contributed by atoms with Crippen molar-refractivity contribution in [2.24, 2.45) is 11.8 Å². The first-order chi connectivity index (χ1) is 24.0. The molecule has 11 nitrogen and oxygen atoms in total. The Labute approximate surface area is 289 Å². The number of hydrogen-bond donors (Lipinski definition) is 2. The number of nitrogens with one attached hydrogen (secondary N) is 1. The first-order valence-corrected chi connectivity index (χ1v) is 18.3. The quantitative estimate of drug-likeness (QED) is 0.241. The van der Waals surface area contributed by atoms with Gasteiger partial charge in [-0.1, -0.05) is 55.3 Å². The van der Waals surface area contributed by atoms with Crippen LogP contribution in [0.15, 0.2) is 77.7 Å². The number of aliphatic hydroxyl groups excluding tert-OH is 1. The van der Waals surface area contributed by atoms with Gasteiger partial charge in [0.25, 0.3) is 0 Å². The van der Waals surface area contributed by atoms with Crippen LogP contribution in [0, 0.1) is 11.8 Å². The maximum Gasteiger partial charge on any atom is 0.407 e. The molecule has 0 aromatic heterocycles. The van der Waals surface area contributed by atoms with Crippen molar-refractivity contribution >= 4 is 17.1 Å². The Kier molecular flexibility index (Phi) is 11.0. The predicted octanol–water partition coefficient (Wildman–Crippen LogP) is 4.97. The molecule has 3 aliphatic heterocycles. The van der Waals surface area contributed by atoms with Crippen LogP contribution in [0.4, 0.5) is 4.79 Å². The summed E-state index contributed by atoms with van der Waals surface area (Å²) >= 11 is 0. The topological polar surface area (TPSA) is 125 Å². The lowest BCUT2D eigenvalue weighted by Gasteiger charge is -2.31. The van der Waals surface area contributed by atoms with Gasteiger partial charge in [0.05, 0.1) is 36.2 Å². The van der Waals surface area contributed by atoms with Crippen LogP contribution in [0.5, 0.6) is 17.2 Å². The molecule has 4 aliphatic rings. The average Bonchev–Trinajstić information content (AvgIpc) is 3.95. The van der Waals surface area contributed by atoms with Gasteiger partial charge in [-0.15, -0.1) is 0 Å². The highest BCUT2D eigenvalue weighted by atomic mass is 32.2. The summed E-state index contributed by atoms with van der Waals surface area (Å²) in [6, 6.07) is 22.1. The van der Waals surface area contributed by atoms with Gasteiger partial charge in [0.1, 0.15) is 29.4 Å². The van der Waals surface area contributed by atoms with E-state index in [0.29, 0.717) is 54.2 Å². The molecule has 2 N–H and O–H groups in total. The molecule has 0 spiro atoms. The van der Waals surface area contributed by atoms with Crippen LogP contribution >= 0.6 is 0 Å². The van der Waals surface area contributed by atoms with E-state index in [1.807, 2.05) is 58.9 Å². The molecule has 49 heavy (non-hydrogen) atoms. The van der Waals surface area contributed by atoms with Crippen molar-refractivity contribution in [1.29, 1.82) is 0 Å². The third-order valence-corrected chi connectivity index (χ3v) is 11.2. The molecular weight excluding hydrogens is 648 g/mol. The second-order valence-electron chi connectivity index (χ2n) is 13.2. The lowest BCUT2D eigenvalue weighted by Crippen LogP contribution is -2.51. The van der Waals surface area contributed by atoms with E-state index >= 15 is 0 Å². The van der Waals surface area contributed by atoms with E-state index in [9.17, 15) is 14.1 Å². The number of alkyl carbamates (subject to hydrolysis) is 1. The maximum absolute atomic E-state index is 14.1. The largest absolute Gasteiger partial charge is 0.489 e. The molecule has 3 fully saturated rings. The van der Waals surface area contributed by atoms with E-state index in [-0.39, 0.29) is 32.2 Å². The predicted molar refractivity (Wildman–Crippen MR) is 180 cm³/mol. The highest BCUT2D eigenvalue weighted by molar-refractivity contribution is 7.82. The Balaban J connectivity index is 1.06. The molecule has 2 saturated heterocycles. The van der Waals surface area contributed by atoms with Gasteiger partial charge in [0, 0.05) is 19.2 Å². The minimum atomic E-state index is -1.59. The minimum Gasteiger partial charge on any atom is -0.489 e. The van der Waals surface area contributed by atoms with Gasteiger partial charge in [-0.2, -0.15) is 0 Å². The molecule has 262 valence electrons. The first-order valence-electron chi connectivity index (χ1n) is 17.2. The van der Waals surface area contributed by atoms with Crippen LogP contribution in [0.3, 0.4) is 0 Å². The zero-order chi connectivity index (χ0) is 33.6. The molecule has 3 aromatic carbocycles. The highest BCUT2D eigenvalue weighted by Crippen LogP contribution is 2.35. The molecule has 3 unspecified atom stereocenters. The van der Waals surface area contributed by atoms with E-state index < -0.39 is 35.3 Å². The van der Waals surface area contributed by atoms with E-state index in [0.717, 1.165) is 43.2 Å². The van der Waals surface area contributed by atoms with Gasteiger partial charge in [-0.3, -0.25) is 0 Å². The van der Waals surface area contributed by atoms with Gasteiger partial charge < -0.3 is 38.8 Å². The number of benzene rings is 3. The van der Waals surface area contributed by atoms with Gasteiger partial charge >= 0.3 is 6.09 Å². The number of aliphatic hydroxyl groups is 1. The normalized spacial score (nSPS) is 23.3. The molecule has 3 heterocycles. The second kappa shape index (κ2) is 15.9. The molecule has 0 bridgehead atoms. The number of amides is 1. The van der Waals surface area contributed by atoms with E-state index in [1.54, 1.807) is 18.2 Å². The van der Waals surface area contributed by atoms with Gasteiger partial charge in [-0.05, 0) is 67.0 Å². The Morgan fingerprint density at radius 3 is 2.57 bits per heavy atom. The van der Waals surface area contributed by atoms with Crippen molar-refractivity contribution in [2.45, 2.75) is 74.6 Å². The Morgan fingerprint density at radius 2 is 1.76 bits per heavy atom. The monoisotopic (exact) mass is 692 g/mol. The van der Waals surface area contributed by atoms with E-state index in [2.05, 4.69) is 5.32 Å². The summed E-state index contributed by atoms with van der Waals surface area (Å²) in [5.41, 5.74) is 1.96. The molecular formula is C37H44N2O9S. The smallest absolute Gasteiger partial charge is 0.407 e. The van der Waals surface area contributed by atoms with Crippen LogP contribution < -0.4 is 19.5 Å². The van der Waals surface area contributed by atoms with Crippen molar-refractivity contribution in [1.82, 2.24) is 9.62 Å². The fourth-order valence-electron chi connectivity index (χ4n) is 7.03. The Bertz CT molecular complexity index is 1570. The van der Waals surface area contributed by atoms with Crippen molar-refractivity contribution in [3.8, 4) is 17.2 Å². The number of rotatable bonds is 14. The van der Waals surface area contributed by atoms with Gasteiger partial charge in [-0.25, -0.2) is 13.3 Å². The molecule has 3 aromatic rings. The number of carbonyl (C=O) groups is 1. The molecule has 7 rings (SSSR count). The van der Waals surface area contributed by atoms with Crippen molar-refractivity contribution < 1.29 is 42.5 Å². The van der Waals surface area contributed by atoms with E-state index in [4.69, 9.17) is 28.4 Å². The number of ether oxygens (including phenoxy) is 6. The first kappa shape index (κ1) is 33.8.